The van der Waals surface area contributed by atoms with Crippen LogP contribution >= 0.6 is 0 Å². The van der Waals surface area contributed by atoms with Crippen molar-refractivity contribution in [3.05, 3.63) is 23.9 Å². The molecule has 1 heterocycles. The van der Waals surface area contributed by atoms with Gasteiger partial charge in [0.2, 0.25) is 0 Å². The summed E-state index contributed by atoms with van der Waals surface area (Å²) in [6.07, 6.45) is 6.53. The predicted molar refractivity (Wildman–Crippen MR) is 81.9 cm³/mol. The molecule has 1 saturated carbocycles. The second kappa shape index (κ2) is 5.81. The van der Waals surface area contributed by atoms with Gasteiger partial charge in [-0.25, -0.2) is 4.98 Å². The number of carbonyl (C=O) groups excluding carboxylic acids is 1. The van der Waals surface area contributed by atoms with Crippen LogP contribution in [0.15, 0.2) is 18.3 Å². The number of anilines is 1. The van der Waals surface area contributed by atoms with Gasteiger partial charge in [0.1, 0.15) is 5.82 Å². The molecule has 110 valence electrons. The van der Waals surface area contributed by atoms with E-state index in [0.29, 0.717) is 17.0 Å². The first-order valence-corrected chi connectivity index (χ1v) is 7.32. The number of nitrogens with zero attached hydrogens (tertiary/aromatic N) is 2. The smallest absolute Gasteiger partial charge is 0.254 e. The zero-order valence-electron chi connectivity index (χ0n) is 12.9. The Labute approximate surface area is 121 Å². The minimum absolute atomic E-state index is 0.0107. The third kappa shape index (κ3) is 3.71. The summed E-state index contributed by atoms with van der Waals surface area (Å²) in [6, 6.07) is 4.24. The number of pyridine rings is 1. The van der Waals surface area contributed by atoms with Crippen LogP contribution in [0.5, 0.6) is 0 Å². The molecule has 0 bridgehead atoms. The molecule has 2 rings (SSSR count). The normalized spacial score (nSPS) is 18.6. The molecule has 4 heteroatoms. The van der Waals surface area contributed by atoms with Crippen LogP contribution in [0.1, 0.15) is 49.9 Å². The molecule has 0 aromatic carbocycles. The molecular formula is C16H25N3O. The highest BCUT2D eigenvalue weighted by molar-refractivity contribution is 5.93. The largest absolute Gasteiger partial charge is 0.367 e. The van der Waals surface area contributed by atoms with Crippen molar-refractivity contribution < 1.29 is 4.79 Å². The summed E-state index contributed by atoms with van der Waals surface area (Å²) in [4.78, 5) is 17.7. The van der Waals surface area contributed by atoms with E-state index in [1.165, 1.54) is 25.7 Å². The number of rotatable bonds is 3. The molecule has 0 unspecified atom stereocenters. The molecule has 0 spiro atoms. The fraction of sp³-hybridized carbons (Fsp3) is 0.625. The quantitative estimate of drug-likeness (QED) is 0.921. The zero-order chi connectivity index (χ0) is 14.8. The highest BCUT2D eigenvalue weighted by atomic mass is 16.2. The predicted octanol–water partition coefficient (Wildman–Crippen LogP) is 3.16. The average molecular weight is 275 g/mol. The summed E-state index contributed by atoms with van der Waals surface area (Å²) in [5, 5.41) is 3.48. The van der Waals surface area contributed by atoms with Gasteiger partial charge in [0.15, 0.2) is 0 Å². The van der Waals surface area contributed by atoms with E-state index < -0.39 is 0 Å². The van der Waals surface area contributed by atoms with Gasteiger partial charge in [0.05, 0.1) is 5.56 Å². The fourth-order valence-corrected chi connectivity index (χ4v) is 2.62. The van der Waals surface area contributed by atoms with E-state index >= 15 is 0 Å². The van der Waals surface area contributed by atoms with Gasteiger partial charge < -0.3 is 10.2 Å². The number of hydrogen-bond acceptors (Lipinski definition) is 3. The van der Waals surface area contributed by atoms with Crippen LogP contribution in [0.4, 0.5) is 5.82 Å². The van der Waals surface area contributed by atoms with Gasteiger partial charge in [-0.2, -0.15) is 0 Å². The molecule has 1 N–H and O–H groups in total. The Balaban J connectivity index is 1.93. The Morgan fingerprint density at radius 3 is 2.45 bits per heavy atom. The van der Waals surface area contributed by atoms with Crippen LogP contribution in [0.25, 0.3) is 0 Å². The molecule has 1 amide bonds. The fourth-order valence-electron chi connectivity index (χ4n) is 2.62. The van der Waals surface area contributed by atoms with E-state index in [0.717, 1.165) is 5.82 Å². The van der Waals surface area contributed by atoms with Crippen LogP contribution in [0, 0.1) is 5.41 Å². The molecule has 0 atom stereocenters. The third-order valence-electron chi connectivity index (χ3n) is 4.11. The number of aromatic nitrogens is 1. The van der Waals surface area contributed by atoms with Crippen LogP contribution in [-0.4, -0.2) is 35.9 Å². The summed E-state index contributed by atoms with van der Waals surface area (Å²) < 4.78 is 0. The average Bonchev–Trinajstić information content (AvgIpc) is 2.41. The number of hydrogen-bond donors (Lipinski definition) is 1. The summed E-state index contributed by atoms with van der Waals surface area (Å²) in [6.45, 7) is 4.67. The molecule has 0 aliphatic heterocycles. The van der Waals surface area contributed by atoms with Gasteiger partial charge in [-0.05, 0) is 43.2 Å². The summed E-state index contributed by atoms with van der Waals surface area (Å²) >= 11 is 0. The van der Waals surface area contributed by atoms with Crippen LogP contribution in [0.3, 0.4) is 0 Å². The van der Waals surface area contributed by atoms with E-state index in [9.17, 15) is 4.79 Å². The van der Waals surface area contributed by atoms with Gasteiger partial charge in [-0.1, -0.05) is 13.8 Å². The molecule has 20 heavy (non-hydrogen) atoms. The van der Waals surface area contributed by atoms with Crippen molar-refractivity contribution in [2.45, 2.75) is 45.6 Å². The Kier molecular flexibility index (Phi) is 4.31. The standard InChI is InChI=1S/C16H25N3O/c1-16(2)9-7-13(8-10-16)18-14-6-5-12(11-17-14)15(20)19(3)4/h5-6,11,13H,7-10H2,1-4H3,(H,17,18). The van der Waals surface area contributed by atoms with Crippen LogP contribution < -0.4 is 5.32 Å². The van der Waals surface area contributed by atoms with E-state index in [2.05, 4.69) is 24.1 Å². The van der Waals surface area contributed by atoms with Crippen molar-refractivity contribution in [2.24, 2.45) is 5.41 Å². The molecule has 1 aliphatic rings. The molecule has 1 fully saturated rings. The lowest BCUT2D eigenvalue weighted by molar-refractivity contribution is 0.0827. The zero-order valence-corrected chi connectivity index (χ0v) is 12.9. The maximum absolute atomic E-state index is 11.8. The van der Waals surface area contributed by atoms with E-state index in [1.807, 2.05) is 12.1 Å². The molecule has 0 radical (unpaired) electrons. The Bertz CT molecular complexity index is 455. The van der Waals surface area contributed by atoms with E-state index in [1.54, 1.807) is 25.2 Å². The summed E-state index contributed by atoms with van der Waals surface area (Å²) in [7, 11) is 3.50. The van der Waals surface area contributed by atoms with Crippen LogP contribution in [0.2, 0.25) is 0 Å². The van der Waals surface area contributed by atoms with Gasteiger partial charge in [-0.3, -0.25) is 4.79 Å². The lowest BCUT2D eigenvalue weighted by Crippen LogP contribution is -2.30. The van der Waals surface area contributed by atoms with Crippen LogP contribution in [-0.2, 0) is 0 Å². The Morgan fingerprint density at radius 1 is 1.30 bits per heavy atom. The first-order valence-electron chi connectivity index (χ1n) is 7.32. The maximum Gasteiger partial charge on any atom is 0.254 e. The lowest BCUT2D eigenvalue weighted by atomic mass is 9.75. The topological polar surface area (TPSA) is 45.2 Å². The maximum atomic E-state index is 11.8. The highest BCUT2D eigenvalue weighted by Gasteiger charge is 2.26. The number of carbonyl (C=O) groups is 1. The SMILES string of the molecule is CN(C)C(=O)c1ccc(NC2CCC(C)(C)CC2)nc1. The van der Waals surface area contributed by atoms with Crippen molar-refractivity contribution in [1.29, 1.82) is 0 Å². The third-order valence-corrected chi connectivity index (χ3v) is 4.11. The number of amides is 1. The van der Waals surface area contributed by atoms with Crippen molar-refractivity contribution in [1.82, 2.24) is 9.88 Å². The first-order chi connectivity index (χ1) is 9.37. The second-order valence-electron chi connectivity index (χ2n) is 6.71. The molecule has 0 saturated heterocycles. The van der Waals surface area contributed by atoms with Gasteiger partial charge in [-0.15, -0.1) is 0 Å². The van der Waals surface area contributed by atoms with Gasteiger partial charge in [0, 0.05) is 26.3 Å². The Hall–Kier alpha value is -1.58. The molecule has 4 nitrogen and oxygen atoms in total. The van der Waals surface area contributed by atoms with Gasteiger partial charge >= 0.3 is 0 Å². The molecular weight excluding hydrogens is 250 g/mol. The first kappa shape index (κ1) is 14.8. The summed E-state index contributed by atoms with van der Waals surface area (Å²) in [5.74, 6) is 0.855. The minimum Gasteiger partial charge on any atom is -0.367 e. The number of nitrogens with one attached hydrogen (secondary N) is 1. The van der Waals surface area contributed by atoms with Crippen molar-refractivity contribution in [2.75, 3.05) is 19.4 Å². The monoisotopic (exact) mass is 275 g/mol. The minimum atomic E-state index is -0.0107. The highest BCUT2D eigenvalue weighted by Crippen LogP contribution is 2.35. The van der Waals surface area contributed by atoms with Crippen molar-refractivity contribution in [3.63, 3.8) is 0 Å². The van der Waals surface area contributed by atoms with Crippen molar-refractivity contribution in [3.8, 4) is 0 Å². The van der Waals surface area contributed by atoms with E-state index in [4.69, 9.17) is 0 Å². The van der Waals surface area contributed by atoms with Crippen molar-refractivity contribution >= 4 is 11.7 Å². The Morgan fingerprint density at radius 2 is 1.95 bits per heavy atom. The second-order valence-corrected chi connectivity index (χ2v) is 6.71. The molecule has 1 aliphatic carbocycles. The van der Waals surface area contributed by atoms with Gasteiger partial charge in [0.25, 0.3) is 5.91 Å². The summed E-state index contributed by atoms with van der Waals surface area (Å²) in [5.41, 5.74) is 1.11. The lowest BCUT2D eigenvalue weighted by Gasteiger charge is -2.34. The van der Waals surface area contributed by atoms with E-state index in [-0.39, 0.29) is 5.91 Å². The molecule has 1 aromatic rings. The molecule has 1 aromatic heterocycles.